The molecule has 2 aromatic rings. The Morgan fingerprint density at radius 2 is 1.91 bits per heavy atom. The van der Waals surface area contributed by atoms with Gasteiger partial charge in [-0.2, -0.15) is 0 Å². The summed E-state index contributed by atoms with van der Waals surface area (Å²) in [6, 6.07) is 10.9. The number of anilines is 2. The van der Waals surface area contributed by atoms with Crippen LogP contribution in [0.25, 0.3) is 0 Å². The summed E-state index contributed by atoms with van der Waals surface area (Å²) in [7, 11) is 1.51. The van der Waals surface area contributed by atoms with E-state index in [1.54, 1.807) is 31.2 Å². The fraction of sp³-hybridized carbons (Fsp3) is 0.188. The summed E-state index contributed by atoms with van der Waals surface area (Å²) < 4.78 is 24.3. The van der Waals surface area contributed by atoms with E-state index in [2.05, 4.69) is 5.32 Å². The van der Waals surface area contributed by atoms with Crippen LogP contribution in [0.4, 0.5) is 15.8 Å². The predicted octanol–water partition coefficient (Wildman–Crippen LogP) is 2.82. The highest BCUT2D eigenvalue weighted by Gasteiger charge is 2.18. The molecule has 3 N–H and O–H groups in total. The third kappa shape index (κ3) is 3.66. The van der Waals surface area contributed by atoms with E-state index in [0.717, 1.165) is 0 Å². The first-order valence-corrected chi connectivity index (χ1v) is 6.67. The third-order valence-electron chi connectivity index (χ3n) is 2.99. The Morgan fingerprint density at radius 1 is 1.23 bits per heavy atom. The fourth-order valence-corrected chi connectivity index (χ4v) is 1.83. The number of carbonyl (C=O) groups excluding carboxylic acids is 1. The Balaban J connectivity index is 2.07. The fourth-order valence-electron chi connectivity index (χ4n) is 1.83. The van der Waals surface area contributed by atoms with E-state index in [4.69, 9.17) is 15.2 Å². The maximum Gasteiger partial charge on any atom is 0.265 e. The Bertz CT molecular complexity index is 676. The summed E-state index contributed by atoms with van der Waals surface area (Å²) in [6.45, 7) is 1.56. The lowest BCUT2D eigenvalue weighted by Crippen LogP contribution is -2.30. The van der Waals surface area contributed by atoms with Crippen molar-refractivity contribution in [1.82, 2.24) is 0 Å². The number of nitrogens with one attached hydrogen (secondary N) is 1. The second-order valence-electron chi connectivity index (χ2n) is 4.64. The van der Waals surface area contributed by atoms with Crippen molar-refractivity contribution in [3.8, 4) is 11.5 Å². The van der Waals surface area contributed by atoms with Crippen LogP contribution in [0.3, 0.4) is 0 Å². The van der Waals surface area contributed by atoms with Gasteiger partial charge in [0.15, 0.2) is 17.6 Å². The normalized spacial score (nSPS) is 11.6. The van der Waals surface area contributed by atoms with Gasteiger partial charge in [0.1, 0.15) is 5.82 Å². The molecule has 2 rings (SSSR count). The van der Waals surface area contributed by atoms with Crippen LogP contribution in [0.1, 0.15) is 6.92 Å². The largest absolute Gasteiger partial charge is 0.493 e. The second kappa shape index (κ2) is 6.80. The number of benzene rings is 2. The molecule has 0 saturated carbocycles. The van der Waals surface area contributed by atoms with Gasteiger partial charge in [-0.1, -0.05) is 12.1 Å². The van der Waals surface area contributed by atoms with Crippen molar-refractivity contribution >= 4 is 17.3 Å². The molecule has 116 valence electrons. The molecule has 2 aromatic carbocycles. The van der Waals surface area contributed by atoms with Gasteiger partial charge in [0.25, 0.3) is 5.91 Å². The molecule has 0 aliphatic heterocycles. The van der Waals surface area contributed by atoms with Gasteiger partial charge in [0, 0.05) is 5.69 Å². The number of amides is 1. The summed E-state index contributed by atoms with van der Waals surface area (Å²) in [4.78, 5) is 12.1. The van der Waals surface area contributed by atoms with Crippen molar-refractivity contribution in [3.05, 3.63) is 48.3 Å². The number of nitrogens with two attached hydrogens (primary N) is 1. The van der Waals surface area contributed by atoms with Crippen LogP contribution in [0.5, 0.6) is 11.5 Å². The van der Waals surface area contributed by atoms with Gasteiger partial charge >= 0.3 is 0 Å². The van der Waals surface area contributed by atoms with Crippen LogP contribution in [0.15, 0.2) is 42.5 Å². The minimum absolute atomic E-state index is 0.0143. The summed E-state index contributed by atoms with van der Waals surface area (Å²) >= 11 is 0. The van der Waals surface area contributed by atoms with Crippen molar-refractivity contribution in [2.45, 2.75) is 13.0 Å². The van der Waals surface area contributed by atoms with Crippen molar-refractivity contribution in [3.63, 3.8) is 0 Å². The standard InChI is InChI=1S/C16H17FN2O3/c1-10(22-15-6-4-3-5-14(15)21-2)16(20)19-13-9-11(18)7-8-12(13)17/h3-10H,18H2,1-2H3,(H,19,20). The van der Waals surface area contributed by atoms with E-state index in [0.29, 0.717) is 17.2 Å². The van der Waals surface area contributed by atoms with Crippen LogP contribution in [-0.2, 0) is 4.79 Å². The molecule has 0 spiro atoms. The molecule has 0 saturated heterocycles. The van der Waals surface area contributed by atoms with Crippen molar-refractivity contribution < 1.29 is 18.7 Å². The van der Waals surface area contributed by atoms with E-state index in [1.165, 1.54) is 25.3 Å². The van der Waals surface area contributed by atoms with Crippen molar-refractivity contribution in [2.75, 3.05) is 18.2 Å². The van der Waals surface area contributed by atoms with Crippen LogP contribution in [-0.4, -0.2) is 19.1 Å². The maximum atomic E-state index is 13.6. The highest BCUT2D eigenvalue weighted by Crippen LogP contribution is 2.27. The van der Waals surface area contributed by atoms with Gasteiger partial charge in [-0.25, -0.2) is 4.39 Å². The first-order valence-electron chi connectivity index (χ1n) is 6.67. The topological polar surface area (TPSA) is 73.6 Å². The minimum Gasteiger partial charge on any atom is -0.493 e. The Morgan fingerprint density at radius 3 is 2.59 bits per heavy atom. The molecule has 0 aromatic heterocycles. The first kappa shape index (κ1) is 15.6. The van der Waals surface area contributed by atoms with Gasteiger partial charge in [-0.05, 0) is 37.3 Å². The van der Waals surface area contributed by atoms with Gasteiger partial charge < -0.3 is 20.5 Å². The number of halogens is 1. The summed E-state index contributed by atoms with van der Waals surface area (Å²) in [5, 5.41) is 2.45. The van der Waals surface area contributed by atoms with Crippen LogP contribution in [0, 0.1) is 5.82 Å². The average molecular weight is 304 g/mol. The van der Waals surface area contributed by atoms with E-state index in [-0.39, 0.29) is 5.69 Å². The molecular weight excluding hydrogens is 287 g/mol. The van der Waals surface area contributed by atoms with E-state index < -0.39 is 17.8 Å². The highest BCUT2D eigenvalue weighted by atomic mass is 19.1. The average Bonchev–Trinajstić information content (AvgIpc) is 2.51. The molecule has 0 radical (unpaired) electrons. The number of ether oxygens (including phenoxy) is 2. The maximum absolute atomic E-state index is 13.6. The molecule has 0 heterocycles. The van der Waals surface area contributed by atoms with Gasteiger partial charge in [0.2, 0.25) is 0 Å². The number of hydrogen-bond acceptors (Lipinski definition) is 4. The lowest BCUT2D eigenvalue weighted by Gasteiger charge is -2.17. The minimum atomic E-state index is -0.836. The second-order valence-corrected chi connectivity index (χ2v) is 4.64. The van der Waals surface area contributed by atoms with E-state index >= 15 is 0 Å². The van der Waals surface area contributed by atoms with Crippen molar-refractivity contribution in [2.24, 2.45) is 0 Å². The molecule has 1 amide bonds. The monoisotopic (exact) mass is 304 g/mol. The SMILES string of the molecule is COc1ccccc1OC(C)C(=O)Nc1cc(N)ccc1F. The van der Waals surface area contributed by atoms with E-state index in [9.17, 15) is 9.18 Å². The molecule has 5 nitrogen and oxygen atoms in total. The Labute approximate surface area is 127 Å². The molecule has 0 bridgehead atoms. The van der Waals surface area contributed by atoms with Gasteiger partial charge in [-0.15, -0.1) is 0 Å². The molecule has 0 aliphatic rings. The van der Waals surface area contributed by atoms with Crippen LogP contribution in [0.2, 0.25) is 0 Å². The molecule has 6 heteroatoms. The Kier molecular flexibility index (Phi) is 4.83. The van der Waals surface area contributed by atoms with Crippen LogP contribution < -0.4 is 20.5 Å². The van der Waals surface area contributed by atoms with Gasteiger partial charge in [0.05, 0.1) is 12.8 Å². The zero-order valence-corrected chi connectivity index (χ0v) is 12.3. The summed E-state index contributed by atoms with van der Waals surface area (Å²) in [5.74, 6) is -0.111. The molecule has 0 fully saturated rings. The predicted molar refractivity (Wildman–Crippen MR) is 82.5 cm³/mol. The summed E-state index contributed by atoms with van der Waals surface area (Å²) in [6.07, 6.45) is -0.836. The summed E-state index contributed by atoms with van der Waals surface area (Å²) in [5.41, 5.74) is 5.95. The number of methoxy groups -OCH3 is 1. The zero-order valence-electron chi connectivity index (χ0n) is 12.3. The third-order valence-corrected chi connectivity index (χ3v) is 2.99. The quantitative estimate of drug-likeness (QED) is 0.833. The molecule has 1 unspecified atom stereocenters. The smallest absolute Gasteiger partial charge is 0.265 e. The zero-order chi connectivity index (χ0) is 16.1. The highest BCUT2D eigenvalue weighted by molar-refractivity contribution is 5.94. The van der Waals surface area contributed by atoms with Crippen molar-refractivity contribution in [1.29, 1.82) is 0 Å². The molecule has 1 atom stereocenters. The van der Waals surface area contributed by atoms with Crippen LogP contribution >= 0.6 is 0 Å². The number of rotatable bonds is 5. The molecule has 22 heavy (non-hydrogen) atoms. The molecular formula is C16H17FN2O3. The lowest BCUT2D eigenvalue weighted by molar-refractivity contribution is -0.122. The number of hydrogen-bond donors (Lipinski definition) is 2. The number of nitrogen functional groups attached to an aromatic ring is 1. The van der Waals surface area contributed by atoms with E-state index in [1.807, 2.05) is 0 Å². The molecule has 0 aliphatic carbocycles. The Hall–Kier alpha value is -2.76. The first-order chi connectivity index (χ1) is 10.5. The number of carbonyl (C=O) groups is 1. The lowest BCUT2D eigenvalue weighted by atomic mass is 10.2. The number of para-hydroxylation sites is 2. The van der Waals surface area contributed by atoms with Gasteiger partial charge in [-0.3, -0.25) is 4.79 Å².